The number of pyridine rings is 1. The Morgan fingerprint density at radius 3 is 2.94 bits per heavy atom. The molecule has 0 bridgehead atoms. The summed E-state index contributed by atoms with van der Waals surface area (Å²) in [5.74, 6) is 0. The third kappa shape index (κ3) is 2.29. The quantitative estimate of drug-likeness (QED) is 0.656. The molecule has 2 aromatic rings. The highest BCUT2D eigenvalue weighted by Gasteiger charge is 2.01. The van der Waals surface area contributed by atoms with Gasteiger partial charge >= 0.3 is 0 Å². The minimum absolute atomic E-state index is 0.0664. The molecule has 1 aromatic carbocycles. The van der Waals surface area contributed by atoms with Crippen LogP contribution in [0, 0.1) is 0 Å². The van der Waals surface area contributed by atoms with Gasteiger partial charge in [-0.1, -0.05) is 18.2 Å². The predicted molar refractivity (Wildman–Crippen MR) is 65.3 cm³/mol. The summed E-state index contributed by atoms with van der Waals surface area (Å²) in [6.45, 7) is 2.02. The molecule has 0 saturated carbocycles. The van der Waals surface area contributed by atoms with E-state index in [1.54, 1.807) is 6.07 Å². The molecule has 0 aliphatic heterocycles. The zero-order chi connectivity index (χ0) is 11.4. The number of nitrogens with two attached hydrogens (primary N) is 1. The Hall–Kier alpha value is -1.65. The van der Waals surface area contributed by atoms with Gasteiger partial charge in [0.15, 0.2) is 0 Å². The Labute approximate surface area is 93.5 Å². The van der Waals surface area contributed by atoms with E-state index in [4.69, 9.17) is 5.73 Å². The molecule has 0 fully saturated rings. The number of H-pyrrole nitrogens is 1. The summed E-state index contributed by atoms with van der Waals surface area (Å²) in [7, 11) is 0. The van der Waals surface area contributed by atoms with Crippen molar-refractivity contribution in [3.63, 3.8) is 0 Å². The van der Waals surface area contributed by atoms with Crippen LogP contribution in [-0.2, 0) is 6.54 Å². The molecule has 0 saturated heterocycles. The molecule has 4 heteroatoms. The molecule has 0 aliphatic rings. The monoisotopic (exact) mass is 217 g/mol. The Morgan fingerprint density at radius 2 is 2.12 bits per heavy atom. The van der Waals surface area contributed by atoms with Crippen LogP contribution in [0.1, 0.15) is 5.56 Å². The number of aromatic amines is 1. The van der Waals surface area contributed by atoms with Crippen molar-refractivity contribution in [2.24, 2.45) is 5.73 Å². The maximum absolute atomic E-state index is 11.4. The highest BCUT2D eigenvalue weighted by molar-refractivity contribution is 5.81. The molecule has 0 aliphatic carbocycles. The SMILES string of the molecule is NCCNCc1cc(=O)[nH]c2ccccc12. The normalized spacial score (nSPS) is 10.8. The van der Waals surface area contributed by atoms with Crippen LogP contribution < -0.4 is 16.6 Å². The highest BCUT2D eigenvalue weighted by atomic mass is 16.1. The van der Waals surface area contributed by atoms with Crippen molar-refractivity contribution in [1.82, 2.24) is 10.3 Å². The van der Waals surface area contributed by atoms with Crippen molar-refractivity contribution in [3.8, 4) is 0 Å². The first-order chi connectivity index (χ1) is 7.81. The molecule has 2 rings (SSSR count). The third-order valence-corrected chi connectivity index (χ3v) is 2.47. The van der Waals surface area contributed by atoms with Gasteiger partial charge in [-0.25, -0.2) is 0 Å². The number of rotatable bonds is 4. The summed E-state index contributed by atoms with van der Waals surface area (Å²) in [5, 5.41) is 4.27. The summed E-state index contributed by atoms with van der Waals surface area (Å²) >= 11 is 0. The largest absolute Gasteiger partial charge is 0.329 e. The Bertz CT molecular complexity index is 533. The summed E-state index contributed by atoms with van der Waals surface area (Å²) in [6.07, 6.45) is 0. The van der Waals surface area contributed by atoms with Crippen LogP contribution in [0.15, 0.2) is 35.1 Å². The summed E-state index contributed by atoms with van der Waals surface area (Å²) in [5.41, 5.74) is 7.22. The summed E-state index contributed by atoms with van der Waals surface area (Å²) in [4.78, 5) is 14.2. The molecular weight excluding hydrogens is 202 g/mol. The van der Waals surface area contributed by atoms with E-state index in [9.17, 15) is 4.79 Å². The molecular formula is C12H15N3O. The predicted octanol–water partition coefficient (Wildman–Crippen LogP) is 0.576. The topological polar surface area (TPSA) is 70.9 Å². The average Bonchev–Trinajstić information content (AvgIpc) is 2.29. The van der Waals surface area contributed by atoms with Crippen LogP contribution in [0.5, 0.6) is 0 Å². The molecule has 1 heterocycles. The van der Waals surface area contributed by atoms with Gasteiger partial charge in [-0.05, 0) is 11.6 Å². The minimum Gasteiger partial charge on any atom is -0.329 e. The summed E-state index contributed by atoms with van der Waals surface area (Å²) < 4.78 is 0. The van der Waals surface area contributed by atoms with Gasteiger partial charge in [0.05, 0.1) is 0 Å². The lowest BCUT2D eigenvalue weighted by Crippen LogP contribution is -2.22. The van der Waals surface area contributed by atoms with Crippen molar-refractivity contribution in [2.75, 3.05) is 13.1 Å². The highest BCUT2D eigenvalue weighted by Crippen LogP contribution is 2.13. The van der Waals surface area contributed by atoms with Gasteiger partial charge in [0.2, 0.25) is 5.56 Å². The van der Waals surface area contributed by atoms with Gasteiger partial charge in [-0.15, -0.1) is 0 Å². The fourth-order valence-corrected chi connectivity index (χ4v) is 1.75. The van der Waals surface area contributed by atoms with Crippen LogP contribution >= 0.6 is 0 Å². The number of hydrogen-bond acceptors (Lipinski definition) is 3. The van der Waals surface area contributed by atoms with Crippen LogP contribution in [0.4, 0.5) is 0 Å². The van der Waals surface area contributed by atoms with Gasteiger partial charge in [0.1, 0.15) is 0 Å². The van der Waals surface area contributed by atoms with Crippen LogP contribution in [0.25, 0.3) is 10.9 Å². The zero-order valence-electron chi connectivity index (χ0n) is 8.99. The third-order valence-electron chi connectivity index (χ3n) is 2.47. The molecule has 84 valence electrons. The smallest absolute Gasteiger partial charge is 0.248 e. The van der Waals surface area contributed by atoms with E-state index >= 15 is 0 Å². The number of hydrogen-bond donors (Lipinski definition) is 3. The van der Waals surface area contributed by atoms with Gasteiger partial charge in [0, 0.05) is 36.6 Å². The van der Waals surface area contributed by atoms with E-state index in [0.717, 1.165) is 23.0 Å². The van der Waals surface area contributed by atoms with E-state index in [1.165, 1.54) is 0 Å². The molecule has 16 heavy (non-hydrogen) atoms. The van der Waals surface area contributed by atoms with Gasteiger partial charge in [-0.2, -0.15) is 0 Å². The van der Waals surface area contributed by atoms with Crippen molar-refractivity contribution >= 4 is 10.9 Å². The number of nitrogens with one attached hydrogen (secondary N) is 2. The van der Waals surface area contributed by atoms with E-state index in [0.29, 0.717) is 13.1 Å². The lowest BCUT2D eigenvalue weighted by Gasteiger charge is -2.06. The Balaban J connectivity index is 2.38. The number of benzene rings is 1. The fraction of sp³-hybridized carbons (Fsp3) is 0.250. The fourth-order valence-electron chi connectivity index (χ4n) is 1.75. The maximum Gasteiger partial charge on any atom is 0.248 e. The second-order valence-electron chi connectivity index (χ2n) is 3.67. The van der Waals surface area contributed by atoms with E-state index < -0.39 is 0 Å². The van der Waals surface area contributed by atoms with Gasteiger partial charge < -0.3 is 16.0 Å². The average molecular weight is 217 g/mol. The number of para-hydroxylation sites is 1. The first kappa shape index (κ1) is 10.9. The first-order valence-corrected chi connectivity index (χ1v) is 5.33. The molecule has 0 atom stereocenters. The molecule has 0 radical (unpaired) electrons. The lowest BCUT2D eigenvalue weighted by atomic mass is 10.1. The van der Waals surface area contributed by atoms with Crippen molar-refractivity contribution in [2.45, 2.75) is 6.54 Å². The molecule has 0 unspecified atom stereocenters. The van der Waals surface area contributed by atoms with E-state index in [-0.39, 0.29) is 5.56 Å². The van der Waals surface area contributed by atoms with Gasteiger partial charge in [0.25, 0.3) is 0 Å². The first-order valence-electron chi connectivity index (χ1n) is 5.33. The van der Waals surface area contributed by atoms with E-state index in [1.807, 2.05) is 24.3 Å². The second-order valence-corrected chi connectivity index (χ2v) is 3.67. The molecule has 4 nitrogen and oxygen atoms in total. The van der Waals surface area contributed by atoms with Crippen molar-refractivity contribution < 1.29 is 0 Å². The second kappa shape index (κ2) is 4.92. The van der Waals surface area contributed by atoms with Crippen LogP contribution in [0.3, 0.4) is 0 Å². The van der Waals surface area contributed by atoms with Crippen LogP contribution in [0.2, 0.25) is 0 Å². The molecule has 4 N–H and O–H groups in total. The zero-order valence-corrected chi connectivity index (χ0v) is 8.99. The maximum atomic E-state index is 11.4. The molecule has 0 spiro atoms. The summed E-state index contributed by atoms with van der Waals surface area (Å²) in [6, 6.07) is 9.42. The van der Waals surface area contributed by atoms with Gasteiger partial charge in [-0.3, -0.25) is 4.79 Å². The Kier molecular flexibility index (Phi) is 3.34. The van der Waals surface area contributed by atoms with E-state index in [2.05, 4.69) is 10.3 Å². The number of fused-ring (bicyclic) bond motifs is 1. The standard InChI is InChI=1S/C12H15N3O/c13-5-6-14-8-9-7-12(16)15-11-4-2-1-3-10(9)11/h1-4,7,14H,5-6,8,13H2,(H,15,16). The van der Waals surface area contributed by atoms with Crippen molar-refractivity contribution in [1.29, 1.82) is 0 Å². The molecule has 1 aromatic heterocycles. The molecule has 0 amide bonds. The van der Waals surface area contributed by atoms with Crippen molar-refractivity contribution in [3.05, 3.63) is 46.2 Å². The number of aromatic nitrogens is 1. The van der Waals surface area contributed by atoms with Crippen LogP contribution in [-0.4, -0.2) is 18.1 Å². The Morgan fingerprint density at radius 1 is 1.31 bits per heavy atom. The lowest BCUT2D eigenvalue weighted by molar-refractivity contribution is 0.697. The minimum atomic E-state index is -0.0664.